The number of allylic oxidation sites excluding steroid dienone is 2. The predicted molar refractivity (Wildman–Crippen MR) is 67.1 cm³/mol. The van der Waals surface area contributed by atoms with E-state index in [0.29, 0.717) is 24.0 Å². The summed E-state index contributed by atoms with van der Waals surface area (Å²) in [5.41, 5.74) is 2.28. The Morgan fingerprint density at radius 1 is 1.10 bits per heavy atom. The number of ether oxygens (including phenoxy) is 4. The molecule has 2 spiro atoms. The van der Waals surface area contributed by atoms with Gasteiger partial charge in [0.15, 0.2) is 17.7 Å². The molecule has 0 bridgehead atoms. The van der Waals surface area contributed by atoms with Crippen molar-refractivity contribution in [3.8, 4) is 0 Å². The molecular weight excluding hydrogens is 272 g/mol. The third-order valence-electron chi connectivity index (χ3n) is 6.99. The number of Topliss-reactive ketones (excluding diaryl/α,β-unsaturated/α-hetero) is 1. The number of hydrogen-bond donors (Lipinski definition) is 0. The molecular formula is C16H16O5. The zero-order valence-electron chi connectivity index (χ0n) is 11.5. The van der Waals surface area contributed by atoms with Crippen LogP contribution in [0.3, 0.4) is 0 Å². The van der Waals surface area contributed by atoms with Gasteiger partial charge in [-0.1, -0.05) is 5.57 Å². The minimum Gasteiger partial charge on any atom is -0.357 e. The van der Waals surface area contributed by atoms with Gasteiger partial charge in [-0.3, -0.25) is 4.79 Å². The summed E-state index contributed by atoms with van der Waals surface area (Å²) >= 11 is 0. The van der Waals surface area contributed by atoms with Crippen LogP contribution in [0.1, 0.15) is 32.1 Å². The van der Waals surface area contributed by atoms with Crippen molar-refractivity contribution in [2.24, 2.45) is 11.8 Å². The maximum absolute atomic E-state index is 12.0. The summed E-state index contributed by atoms with van der Waals surface area (Å²) in [6, 6.07) is 0. The molecule has 5 fully saturated rings. The van der Waals surface area contributed by atoms with Gasteiger partial charge in [0, 0.05) is 12.3 Å². The highest BCUT2D eigenvalue weighted by molar-refractivity contribution is 5.99. The van der Waals surface area contributed by atoms with Gasteiger partial charge in [0.1, 0.15) is 18.3 Å². The van der Waals surface area contributed by atoms with Crippen molar-refractivity contribution >= 4 is 5.78 Å². The van der Waals surface area contributed by atoms with Crippen LogP contribution in [0, 0.1) is 11.8 Å². The molecule has 0 aromatic carbocycles. The van der Waals surface area contributed by atoms with Crippen LogP contribution >= 0.6 is 0 Å². The fourth-order valence-electron chi connectivity index (χ4n) is 6.07. The largest absolute Gasteiger partial charge is 0.357 e. The second-order valence-electron chi connectivity index (χ2n) is 7.61. The molecule has 21 heavy (non-hydrogen) atoms. The van der Waals surface area contributed by atoms with Crippen LogP contribution in [-0.2, 0) is 23.7 Å². The highest BCUT2D eigenvalue weighted by Gasteiger charge is 2.93. The average molecular weight is 288 g/mol. The summed E-state index contributed by atoms with van der Waals surface area (Å²) < 4.78 is 24.0. The highest BCUT2D eigenvalue weighted by atomic mass is 16.9. The number of hydrogen-bond acceptors (Lipinski definition) is 5. The number of fused-ring (bicyclic) bond motifs is 4. The molecule has 7 aliphatic rings. The van der Waals surface area contributed by atoms with Gasteiger partial charge in [0.25, 0.3) is 0 Å². The minimum atomic E-state index is -0.517. The molecule has 8 unspecified atom stereocenters. The zero-order chi connectivity index (χ0) is 13.6. The van der Waals surface area contributed by atoms with Crippen LogP contribution in [0.25, 0.3) is 0 Å². The van der Waals surface area contributed by atoms with E-state index in [1.807, 2.05) is 0 Å². The summed E-state index contributed by atoms with van der Waals surface area (Å²) in [5.74, 6) is 0.769. The van der Waals surface area contributed by atoms with Gasteiger partial charge in [-0.05, 0) is 37.2 Å². The molecule has 110 valence electrons. The molecule has 0 radical (unpaired) electrons. The molecule has 4 heterocycles. The van der Waals surface area contributed by atoms with Crippen LogP contribution in [0.4, 0.5) is 0 Å². The summed E-state index contributed by atoms with van der Waals surface area (Å²) in [4.78, 5) is 12.0. The second kappa shape index (κ2) is 2.87. The van der Waals surface area contributed by atoms with Gasteiger partial charge in [-0.2, -0.15) is 0 Å². The van der Waals surface area contributed by atoms with Gasteiger partial charge in [-0.25, -0.2) is 0 Å². The Morgan fingerprint density at radius 2 is 2.05 bits per heavy atom. The molecule has 0 aromatic rings. The number of carbonyl (C=O) groups excluding carboxylic acids is 1. The maximum Gasteiger partial charge on any atom is 0.230 e. The highest BCUT2D eigenvalue weighted by Crippen LogP contribution is 2.76. The first-order chi connectivity index (χ1) is 10.2. The quantitative estimate of drug-likeness (QED) is 0.624. The summed E-state index contributed by atoms with van der Waals surface area (Å²) in [7, 11) is 0. The molecule has 7 rings (SSSR count). The Labute approximate surface area is 121 Å². The Bertz CT molecular complexity index is 655. The van der Waals surface area contributed by atoms with Crippen molar-refractivity contribution in [1.29, 1.82) is 0 Å². The first-order valence-corrected chi connectivity index (χ1v) is 8.19. The molecule has 1 saturated carbocycles. The van der Waals surface area contributed by atoms with Crippen LogP contribution in [0.5, 0.6) is 0 Å². The van der Waals surface area contributed by atoms with Crippen LogP contribution in [0.2, 0.25) is 0 Å². The van der Waals surface area contributed by atoms with Gasteiger partial charge in [0.05, 0.1) is 0 Å². The average Bonchev–Trinajstić information content (AvgIpc) is 3.35. The standard InChI is InChI=1S/C16H16O5/c17-10-4-2-6-7(10)1-3-9-8(6)5-11-16(19-11)15(9)13(20-15)12-14(18-12)21-16/h8-9,11-14H,1-5H2. The monoisotopic (exact) mass is 288 g/mol. The Morgan fingerprint density at radius 3 is 3.00 bits per heavy atom. The number of ketones is 1. The molecule has 4 aliphatic heterocycles. The van der Waals surface area contributed by atoms with E-state index in [4.69, 9.17) is 18.9 Å². The minimum absolute atomic E-state index is 0.0985. The Hall–Kier alpha value is -0.750. The normalized spacial score (nSPS) is 64.7. The van der Waals surface area contributed by atoms with E-state index in [1.54, 1.807) is 0 Å². The van der Waals surface area contributed by atoms with Crippen LogP contribution in [-0.4, -0.2) is 41.8 Å². The smallest absolute Gasteiger partial charge is 0.230 e. The predicted octanol–water partition coefficient (Wildman–Crippen LogP) is 1.06. The van der Waals surface area contributed by atoms with Gasteiger partial charge >= 0.3 is 0 Å². The lowest BCUT2D eigenvalue weighted by atomic mass is 9.60. The van der Waals surface area contributed by atoms with E-state index in [2.05, 4.69) is 0 Å². The van der Waals surface area contributed by atoms with Crippen molar-refractivity contribution in [3.63, 3.8) is 0 Å². The fraction of sp³-hybridized carbons (Fsp3) is 0.812. The third kappa shape index (κ3) is 0.960. The van der Waals surface area contributed by atoms with Crippen molar-refractivity contribution in [2.45, 2.75) is 68.1 Å². The Balaban J connectivity index is 1.37. The number of epoxide rings is 3. The van der Waals surface area contributed by atoms with Crippen LogP contribution < -0.4 is 0 Å². The van der Waals surface area contributed by atoms with Crippen molar-refractivity contribution in [2.75, 3.05) is 0 Å². The number of carbonyl (C=O) groups is 1. The second-order valence-corrected chi connectivity index (χ2v) is 7.61. The van der Waals surface area contributed by atoms with E-state index in [-0.39, 0.29) is 30.2 Å². The summed E-state index contributed by atoms with van der Waals surface area (Å²) in [6.07, 6.45) is 4.94. The third-order valence-corrected chi connectivity index (χ3v) is 6.99. The molecule has 5 nitrogen and oxygen atoms in total. The zero-order valence-corrected chi connectivity index (χ0v) is 11.5. The molecule has 4 saturated heterocycles. The van der Waals surface area contributed by atoms with Gasteiger partial charge < -0.3 is 18.9 Å². The SMILES string of the molecule is O=C1CCC2=C1CCC1C2CC2OC23OC2OC2C2OC123. The lowest BCUT2D eigenvalue weighted by Crippen LogP contribution is -2.56. The van der Waals surface area contributed by atoms with Gasteiger partial charge in [0.2, 0.25) is 5.79 Å². The fourth-order valence-corrected chi connectivity index (χ4v) is 6.07. The molecule has 5 heteroatoms. The molecule has 0 N–H and O–H groups in total. The first-order valence-electron chi connectivity index (χ1n) is 8.19. The van der Waals surface area contributed by atoms with Crippen LogP contribution in [0.15, 0.2) is 11.1 Å². The lowest BCUT2D eigenvalue weighted by Gasteiger charge is -2.43. The van der Waals surface area contributed by atoms with E-state index in [9.17, 15) is 4.79 Å². The van der Waals surface area contributed by atoms with E-state index >= 15 is 0 Å². The molecule has 0 amide bonds. The van der Waals surface area contributed by atoms with Crippen molar-refractivity contribution < 1.29 is 23.7 Å². The van der Waals surface area contributed by atoms with Gasteiger partial charge in [-0.15, -0.1) is 0 Å². The summed E-state index contributed by atoms with van der Waals surface area (Å²) in [6.45, 7) is 0. The first kappa shape index (κ1) is 10.9. The molecule has 8 atom stereocenters. The number of rotatable bonds is 0. The maximum atomic E-state index is 12.0. The summed E-state index contributed by atoms with van der Waals surface area (Å²) in [5, 5.41) is 0. The lowest BCUT2D eigenvalue weighted by molar-refractivity contribution is -0.155. The van der Waals surface area contributed by atoms with Crippen molar-refractivity contribution in [1.82, 2.24) is 0 Å². The topological polar surface area (TPSA) is 63.9 Å². The Kier molecular flexibility index (Phi) is 1.49. The molecule has 0 aromatic heterocycles. The van der Waals surface area contributed by atoms with E-state index in [1.165, 1.54) is 5.57 Å². The van der Waals surface area contributed by atoms with E-state index in [0.717, 1.165) is 31.3 Å². The van der Waals surface area contributed by atoms with E-state index < -0.39 is 5.79 Å². The molecule has 3 aliphatic carbocycles. The van der Waals surface area contributed by atoms with Crippen molar-refractivity contribution in [3.05, 3.63) is 11.1 Å².